The number of benzene rings is 1. The predicted molar refractivity (Wildman–Crippen MR) is 126 cm³/mol. The smallest absolute Gasteiger partial charge is 0.227 e. The second-order valence-corrected chi connectivity index (χ2v) is 9.75. The molecule has 2 aliphatic heterocycles. The molecule has 6 heteroatoms. The molecule has 0 saturated carbocycles. The largest absolute Gasteiger partial charge is 0.381 e. The van der Waals surface area contributed by atoms with Gasteiger partial charge in [0.2, 0.25) is 11.9 Å². The van der Waals surface area contributed by atoms with Crippen LogP contribution in [0.1, 0.15) is 63.8 Å². The van der Waals surface area contributed by atoms with Crippen molar-refractivity contribution in [2.24, 2.45) is 11.8 Å². The molecule has 1 aromatic carbocycles. The number of hydrogen-bond donors (Lipinski definition) is 1. The Hall–Kier alpha value is -2.47. The van der Waals surface area contributed by atoms with E-state index in [1.165, 1.54) is 5.56 Å². The third-order valence-corrected chi connectivity index (χ3v) is 7.17. The van der Waals surface area contributed by atoms with Crippen LogP contribution in [-0.4, -0.2) is 40.0 Å². The minimum absolute atomic E-state index is 0.0170. The van der Waals surface area contributed by atoms with Crippen LogP contribution < -0.4 is 5.32 Å². The number of hydrogen-bond acceptors (Lipinski definition) is 5. The molecule has 6 nitrogen and oxygen atoms in total. The molecule has 0 radical (unpaired) electrons. The van der Waals surface area contributed by atoms with Crippen molar-refractivity contribution in [2.75, 3.05) is 18.5 Å². The van der Waals surface area contributed by atoms with Crippen LogP contribution in [0, 0.1) is 11.8 Å². The molecule has 1 saturated heterocycles. The van der Waals surface area contributed by atoms with Gasteiger partial charge in [0.15, 0.2) is 0 Å². The van der Waals surface area contributed by atoms with Gasteiger partial charge in [0.1, 0.15) is 0 Å². The highest BCUT2D eigenvalue weighted by atomic mass is 16.5. The highest BCUT2D eigenvalue weighted by molar-refractivity contribution is 5.81. The van der Waals surface area contributed by atoms with Gasteiger partial charge in [0.05, 0.1) is 17.8 Å². The molecule has 32 heavy (non-hydrogen) atoms. The van der Waals surface area contributed by atoms with Crippen LogP contribution in [0.15, 0.2) is 36.5 Å². The van der Waals surface area contributed by atoms with E-state index in [4.69, 9.17) is 9.72 Å². The van der Waals surface area contributed by atoms with Gasteiger partial charge in [-0.1, -0.05) is 44.2 Å². The molecule has 172 valence electrons. The molecule has 2 aliphatic rings. The fraction of sp³-hybridized carbons (Fsp3) is 0.577. The van der Waals surface area contributed by atoms with Crippen LogP contribution in [0.4, 0.5) is 5.95 Å². The zero-order chi connectivity index (χ0) is 22.7. The van der Waals surface area contributed by atoms with Crippen molar-refractivity contribution >= 4 is 11.9 Å². The molecule has 2 unspecified atom stereocenters. The van der Waals surface area contributed by atoms with E-state index >= 15 is 0 Å². The monoisotopic (exact) mass is 436 g/mol. The number of aromatic nitrogens is 2. The number of carbonyl (C=O) groups is 1. The van der Waals surface area contributed by atoms with E-state index in [9.17, 15) is 4.79 Å². The van der Waals surface area contributed by atoms with Crippen LogP contribution in [0.5, 0.6) is 0 Å². The van der Waals surface area contributed by atoms with Crippen LogP contribution in [-0.2, 0) is 28.0 Å². The van der Waals surface area contributed by atoms with Crippen molar-refractivity contribution in [1.82, 2.24) is 14.9 Å². The molecule has 1 aromatic heterocycles. The van der Waals surface area contributed by atoms with Crippen LogP contribution in [0.2, 0.25) is 0 Å². The number of fused-ring (bicyclic) bond motifs is 1. The molecule has 2 atom stereocenters. The van der Waals surface area contributed by atoms with Crippen molar-refractivity contribution < 1.29 is 9.53 Å². The maximum absolute atomic E-state index is 13.7. The Morgan fingerprint density at radius 1 is 1.25 bits per heavy atom. The number of nitrogens with one attached hydrogen (secondary N) is 1. The summed E-state index contributed by atoms with van der Waals surface area (Å²) >= 11 is 0. The fourth-order valence-electron chi connectivity index (χ4n) is 5.14. The Kier molecular flexibility index (Phi) is 6.79. The highest BCUT2D eigenvalue weighted by Gasteiger charge is 2.44. The number of amides is 1. The number of ether oxygens (including phenoxy) is 1. The van der Waals surface area contributed by atoms with Gasteiger partial charge >= 0.3 is 0 Å². The van der Waals surface area contributed by atoms with Crippen LogP contribution in [0.3, 0.4) is 0 Å². The van der Waals surface area contributed by atoms with Crippen molar-refractivity contribution in [2.45, 2.75) is 71.5 Å². The van der Waals surface area contributed by atoms with Gasteiger partial charge in [0.25, 0.3) is 0 Å². The Labute approximate surface area is 191 Å². The quantitative estimate of drug-likeness (QED) is 0.690. The molecular formula is C26H36N4O2. The fourth-order valence-corrected chi connectivity index (χ4v) is 5.14. The summed E-state index contributed by atoms with van der Waals surface area (Å²) in [5, 5.41) is 3.46. The zero-order valence-corrected chi connectivity index (χ0v) is 19.8. The second kappa shape index (κ2) is 9.57. The summed E-state index contributed by atoms with van der Waals surface area (Å²) in [6.45, 7) is 10.6. The van der Waals surface area contributed by atoms with Crippen molar-refractivity contribution in [3.8, 4) is 0 Å². The van der Waals surface area contributed by atoms with E-state index in [-0.39, 0.29) is 17.7 Å². The van der Waals surface area contributed by atoms with Gasteiger partial charge in [-0.3, -0.25) is 4.79 Å². The number of rotatable bonds is 7. The van der Waals surface area contributed by atoms with E-state index in [2.05, 4.69) is 62.3 Å². The predicted octanol–water partition coefficient (Wildman–Crippen LogP) is 4.55. The first-order valence-electron chi connectivity index (χ1n) is 12.0. The molecule has 0 spiro atoms. The van der Waals surface area contributed by atoms with Gasteiger partial charge < -0.3 is 15.0 Å². The van der Waals surface area contributed by atoms with Gasteiger partial charge in [0, 0.05) is 36.9 Å². The Balaban J connectivity index is 1.48. The summed E-state index contributed by atoms with van der Waals surface area (Å²) in [5.41, 5.74) is 2.88. The first-order valence-corrected chi connectivity index (χ1v) is 12.0. The lowest BCUT2D eigenvalue weighted by Gasteiger charge is -2.36. The third-order valence-electron chi connectivity index (χ3n) is 7.17. The Morgan fingerprint density at radius 2 is 1.97 bits per heavy atom. The molecule has 1 amide bonds. The van der Waals surface area contributed by atoms with E-state index < -0.39 is 5.54 Å². The van der Waals surface area contributed by atoms with E-state index in [0.717, 1.165) is 50.2 Å². The van der Waals surface area contributed by atoms with Gasteiger partial charge in [-0.05, 0) is 51.0 Å². The lowest BCUT2D eigenvalue weighted by atomic mass is 9.84. The summed E-state index contributed by atoms with van der Waals surface area (Å²) < 4.78 is 5.44. The number of nitrogens with zero attached hydrogens (tertiary/aromatic N) is 3. The van der Waals surface area contributed by atoms with Crippen LogP contribution >= 0.6 is 0 Å². The average molecular weight is 437 g/mol. The van der Waals surface area contributed by atoms with Gasteiger partial charge in [-0.2, -0.15) is 0 Å². The number of anilines is 1. The zero-order valence-electron chi connectivity index (χ0n) is 19.8. The Bertz CT molecular complexity index is 925. The van der Waals surface area contributed by atoms with Gasteiger partial charge in [-0.15, -0.1) is 0 Å². The normalized spacial score (nSPS) is 19.9. The summed E-state index contributed by atoms with van der Waals surface area (Å²) in [5.74, 6) is 1.13. The Morgan fingerprint density at radius 3 is 2.66 bits per heavy atom. The maximum atomic E-state index is 13.7. The van der Waals surface area contributed by atoms with Crippen molar-refractivity contribution in [3.63, 3.8) is 0 Å². The molecule has 1 fully saturated rings. The topological polar surface area (TPSA) is 67.4 Å². The maximum Gasteiger partial charge on any atom is 0.227 e. The molecule has 0 aliphatic carbocycles. The van der Waals surface area contributed by atoms with Crippen molar-refractivity contribution in [3.05, 3.63) is 53.3 Å². The van der Waals surface area contributed by atoms with Crippen LogP contribution in [0.25, 0.3) is 0 Å². The SMILES string of the molecule is CCC(C(=O)N1Cc2nc(NC3CCOCC3)ncc2C1(C)C)C(C)Cc1ccccc1. The lowest BCUT2D eigenvalue weighted by molar-refractivity contribution is -0.143. The van der Waals surface area contributed by atoms with E-state index in [1.54, 1.807) is 0 Å². The van der Waals surface area contributed by atoms with Gasteiger partial charge in [-0.25, -0.2) is 9.97 Å². The lowest BCUT2D eigenvalue weighted by Crippen LogP contribution is -2.45. The first-order chi connectivity index (χ1) is 15.4. The molecule has 0 bridgehead atoms. The highest BCUT2D eigenvalue weighted by Crippen LogP contribution is 2.40. The van der Waals surface area contributed by atoms with Crippen molar-refractivity contribution in [1.29, 1.82) is 0 Å². The van der Waals surface area contributed by atoms with E-state index in [1.807, 2.05) is 17.2 Å². The average Bonchev–Trinajstić information content (AvgIpc) is 3.05. The molecule has 3 heterocycles. The molecule has 2 aromatic rings. The molecular weight excluding hydrogens is 400 g/mol. The second-order valence-electron chi connectivity index (χ2n) is 9.75. The molecule has 4 rings (SSSR count). The summed E-state index contributed by atoms with van der Waals surface area (Å²) in [6, 6.07) is 10.8. The number of carbonyl (C=O) groups excluding carboxylic acids is 1. The summed E-state index contributed by atoms with van der Waals surface area (Å²) in [4.78, 5) is 25.2. The minimum atomic E-state index is -0.413. The molecule has 1 N–H and O–H groups in total. The summed E-state index contributed by atoms with van der Waals surface area (Å²) in [7, 11) is 0. The third kappa shape index (κ3) is 4.65. The summed E-state index contributed by atoms with van der Waals surface area (Å²) in [6.07, 6.45) is 5.58. The first kappa shape index (κ1) is 22.7. The standard InChI is InChI=1S/C26H36N4O2/c1-5-21(18(2)15-19-9-7-6-8-10-19)24(31)30-17-23-22(26(30,3)4)16-27-25(29-23)28-20-11-13-32-14-12-20/h6-10,16,18,20-21H,5,11-15,17H2,1-4H3,(H,27,28,29). The van der Waals surface area contributed by atoms with E-state index in [0.29, 0.717) is 18.5 Å². The minimum Gasteiger partial charge on any atom is -0.381 e.